The molecule has 1 aromatic rings. The lowest BCUT2D eigenvalue weighted by Crippen LogP contribution is -1.92. The molecule has 3 nitrogen and oxygen atoms in total. The zero-order valence-electron chi connectivity index (χ0n) is 7.07. The highest BCUT2D eigenvalue weighted by Crippen LogP contribution is 2.11. The predicted molar refractivity (Wildman–Crippen MR) is 46.0 cm³/mol. The van der Waals surface area contributed by atoms with Gasteiger partial charge in [0.1, 0.15) is 0 Å². The first kappa shape index (κ1) is 8.41. The van der Waals surface area contributed by atoms with Crippen molar-refractivity contribution in [2.24, 2.45) is 0 Å². The number of hydrogen-bond acceptors (Lipinski definition) is 3. The van der Waals surface area contributed by atoms with E-state index < -0.39 is 0 Å². The van der Waals surface area contributed by atoms with E-state index in [0.717, 1.165) is 17.0 Å². The molecule has 0 aromatic carbocycles. The topological polar surface area (TPSA) is 49.6 Å². The smallest absolute Gasteiger partial charge is 0.0915 e. The zero-order chi connectivity index (χ0) is 8.97. The Hall–Kier alpha value is -1.69. The lowest BCUT2D eigenvalue weighted by atomic mass is 10.1. The molecule has 0 aliphatic carbocycles. The summed E-state index contributed by atoms with van der Waals surface area (Å²) in [5.41, 5.74) is 2.49. The molecule has 12 heavy (non-hydrogen) atoms. The van der Waals surface area contributed by atoms with Gasteiger partial charge in [-0.15, -0.1) is 0 Å². The van der Waals surface area contributed by atoms with Crippen LogP contribution in [-0.4, -0.2) is 9.97 Å². The fourth-order valence-electron chi connectivity index (χ4n) is 0.960. The average molecular weight is 159 g/mol. The Morgan fingerprint density at radius 3 is 2.75 bits per heavy atom. The summed E-state index contributed by atoms with van der Waals surface area (Å²) >= 11 is 0. The molecule has 3 heteroatoms. The SMILES string of the molecule is C/C(=C\C#N)c1nccnc1C. The van der Waals surface area contributed by atoms with E-state index in [-0.39, 0.29) is 0 Å². The molecule has 0 saturated carbocycles. The number of nitrogens with zero attached hydrogens (tertiary/aromatic N) is 3. The normalized spacial score (nSPS) is 10.9. The summed E-state index contributed by atoms with van der Waals surface area (Å²) in [6.45, 7) is 3.72. The predicted octanol–water partition coefficient (Wildman–Crippen LogP) is 1.71. The van der Waals surface area contributed by atoms with Crippen molar-refractivity contribution in [2.45, 2.75) is 13.8 Å². The minimum atomic E-state index is 0.791. The van der Waals surface area contributed by atoms with Crippen LogP contribution in [-0.2, 0) is 0 Å². The van der Waals surface area contributed by atoms with E-state index >= 15 is 0 Å². The molecule has 1 heterocycles. The summed E-state index contributed by atoms with van der Waals surface area (Å²) in [4.78, 5) is 8.18. The second-order valence-corrected chi connectivity index (χ2v) is 2.45. The van der Waals surface area contributed by atoms with Gasteiger partial charge in [-0.3, -0.25) is 9.97 Å². The average Bonchev–Trinajstić information content (AvgIpc) is 2.05. The molecule has 1 rings (SSSR count). The Morgan fingerprint density at radius 2 is 2.17 bits per heavy atom. The lowest BCUT2D eigenvalue weighted by molar-refractivity contribution is 1.09. The molecule has 0 aliphatic rings. The number of rotatable bonds is 1. The van der Waals surface area contributed by atoms with Crippen LogP contribution < -0.4 is 0 Å². The largest absolute Gasteiger partial charge is 0.258 e. The van der Waals surface area contributed by atoms with Crippen LogP contribution in [0.25, 0.3) is 5.57 Å². The number of allylic oxidation sites excluding steroid dienone is 2. The number of nitriles is 1. The van der Waals surface area contributed by atoms with Gasteiger partial charge in [0.15, 0.2) is 0 Å². The van der Waals surface area contributed by atoms with E-state index in [1.807, 2.05) is 19.9 Å². The van der Waals surface area contributed by atoms with Crippen LogP contribution in [0, 0.1) is 18.3 Å². The number of aromatic nitrogens is 2. The second kappa shape index (κ2) is 3.63. The molecule has 0 atom stereocenters. The van der Waals surface area contributed by atoms with Crippen LogP contribution in [0.4, 0.5) is 0 Å². The molecule has 0 bridgehead atoms. The maximum Gasteiger partial charge on any atom is 0.0915 e. The molecule has 0 spiro atoms. The van der Waals surface area contributed by atoms with E-state index in [9.17, 15) is 0 Å². The van der Waals surface area contributed by atoms with Crippen LogP contribution in [0.1, 0.15) is 18.3 Å². The summed E-state index contributed by atoms with van der Waals surface area (Å²) in [6.07, 6.45) is 4.73. The fourth-order valence-corrected chi connectivity index (χ4v) is 0.960. The standard InChI is InChI=1S/C9H9N3/c1-7(3-4-10)9-8(2)11-5-6-12-9/h3,5-6H,1-2H3/b7-3+. The van der Waals surface area contributed by atoms with Crippen molar-refractivity contribution in [3.05, 3.63) is 29.9 Å². The van der Waals surface area contributed by atoms with Gasteiger partial charge >= 0.3 is 0 Å². The Morgan fingerprint density at radius 1 is 1.50 bits per heavy atom. The monoisotopic (exact) mass is 159 g/mol. The molecule has 1 aromatic heterocycles. The molecular formula is C9H9N3. The Labute approximate surface area is 71.4 Å². The van der Waals surface area contributed by atoms with Gasteiger partial charge in [-0.1, -0.05) is 0 Å². The summed E-state index contributed by atoms with van der Waals surface area (Å²) in [7, 11) is 0. The van der Waals surface area contributed by atoms with E-state index in [4.69, 9.17) is 5.26 Å². The van der Waals surface area contributed by atoms with Crippen LogP contribution in [0.15, 0.2) is 18.5 Å². The maximum absolute atomic E-state index is 8.41. The van der Waals surface area contributed by atoms with Crippen molar-refractivity contribution in [1.29, 1.82) is 5.26 Å². The summed E-state index contributed by atoms with van der Waals surface area (Å²) < 4.78 is 0. The first-order valence-corrected chi connectivity index (χ1v) is 3.60. The summed E-state index contributed by atoms with van der Waals surface area (Å²) in [5.74, 6) is 0. The van der Waals surface area contributed by atoms with Crippen LogP contribution in [0.5, 0.6) is 0 Å². The third-order valence-electron chi connectivity index (χ3n) is 1.54. The van der Waals surface area contributed by atoms with E-state index in [1.165, 1.54) is 6.08 Å². The molecule has 60 valence electrons. The third kappa shape index (κ3) is 1.67. The maximum atomic E-state index is 8.41. The first-order valence-electron chi connectivity index (χ1n) is 3.60. The Bertz CT molecular complexity index is 347. The molecule has 0 saturated heterocycles. The highest BCUT2D eigenvalue weighted by molar-refractivity contribution is 5.63. The van der Waals surface area contributed by atoms with Gasteiger partial charge in [-0.2, -0.15) is 5.26 Å². The van der Waals surface area contributed by atoms with Gasteiger partial charge in [0.05, 0.1) is 17.5 Å². The molecule has 0 radical (unpaired) electrons. The molecule has 0 N–H and O–H groups in total. The first-order chi connectivity index (χ1) is 5.75. The molecular weight excluding hydrogens is 150 g/mol. The van der Waals surface area contributed by atoms with Gasteiger partial charge < -0.3 is 0 Å². The van der Waals surface area contributed by atoms with Crippen molar-refractivity contribution in [3.63, 3.8) is 0 Å². The Kier molecular flexibility index (Phi) is 2.54. The van der Waals surface area contributed by atoms with Crippen LogP contribution >= 0.6 is 0 Å². The van der Waals surface area contributed by atoms with Crippen molar-refractivity contribution in [1.82, 2.24) is 9.97 Å². The van der Waals surface area contributed by atoms with Crippen molar-refractivity contribution in [2.75, 3.05) is 0 Å². The molecule has 0 amide bonds. The van der Waals surface area contributed by atoms with Crippen molar-refractivity contribution < 1.29 is 0 Å². The minimum absolute atomic E-state index is 0.791. The van der Waals surface area contributed by atoms with Crippen LogP contribution in [0.3, 0.4) is 0 Å². The molecule has 0 unspecified atom stereocenters. The van der Waals surface area contributed by atoms with Gasteiger partial charge in [0.25, 0.3) is 0 Å². The van der Waals surface area contributed by atoms with Gasteiger partial charge in [0.2, 0.25) is 0 Å². The molecule has 0 aliphatic heterocycles. The van der Waals surface area contributed by atoms with Gasteiger partial charge in [-0.05, 0) is 19.4 Å². The van der Waals surface area contributed by atoms with E-state index in [2.05, 4.69) is 9.97 Å². The van der Waals surface area contributed by atoms with Crippen molar-refractivity contribution >= 4 is 5.57 Å². The van der Waals surface area contributed by atoms with E-state index in [1.54, 1.807) is 12.4 Å². The minimum Gasteiger partial charge on any atom is -0.258 e. The number of aryl methyl sites for hydroxylation is 1. The Balaban J connectivity index is 3.13. The molecule has 0 fully saturated rings. The zero-order valence-corrected chi connectivity index (χ0v) is 7.07. The summed E-state index contributed by atoms with van der Waals surface area (Å²) in [6, 6.07) is 1.96. The number of hydrogen-bond donors (Lipinski definition) is 0. The highest BCUT2D eigenvalue weighted by Gasteiger charge is 2.00. The lowest BCUT2D eigenvalue weighted by Gasteiger charge is -2.00. The van der Waals surface area contributed by atoms with Crippen LogP contribution in [0.2, 0.25) is 0 Å². The van der Waals surface area contributed by atoms with Gasteiger partial charge in [0, 0.05) is 18.5 Å². The fraction of sp³-hybridized carbons (Fsp3) is 0.222. The third-order valence-corrected chi connectivity index (χ3v) is 1.54. The van der Waals surface area contributed by atoms with E-state index in [0.29, 0.717) is 0 Å². The van der Waals surface area contributed by atoms with Gasteiger partial charge in [-0.25, -0.2) is 0 Å². The summed E-state index contributed by atoms with van der Waals surface area (Å²) in [5, 5.41) is 8.41. The highest BCUT2D eigenvalue weighted by atomic mass is 14.8. The van der Waals surface area contributed by atoms with Crippen molar-refractivity contribution in [3.8, 4) is 6.07 Å². The second-order valence-electron chi connectivity index (χ2n) is 2.45. The quantitative estimate of drug-likeness (QED) is 0.586.